The minimum Gasteiger partial charge on any atom is -0.497 e. The van der Waals surface area contributed by atoms with Gasteiger partial charge >= 0.3 is 5.69 Å². The van der Waals surface area contributed by atoms with Crippen molar-refractivity contribution in [1.82, 2.24) is 9.55 Å². The lowest BCUT2D eigenvalue weighted by Gasteiger charge is -2.13. The molecule has 8 heteroatoms. The predicted octanol–water partition coefficient (Wildman–Crippen LogP) is 1.42. The van der Waals surface area contributed by atoms with Crippen LogP contribution in [-0.2, 0) is 11.3 Å². The quantitative estimate of drug-likeness (QED) is 0.775. The highest BCUT2D eigenvalue weighted by Crippen LogP contribution is 2.27. The Morgan fingerprint density at radius 3 is 2.61 bits per heavy atom. The summed E-state index contributed by atoms with van der Waals surface area (Å²) >= 11 is 0. The monoisotopic (exact) mass is 318 g/mol. The predicted molar refractivity (Wildman–Crippen MR) is 86.0 cm³/mol. The van der Waals surface area contributed by atoms with Gasteiger partial charge in [0.1, 0.15) is 11.4 Å². The SMILES string of the molecule is CCn1c(C(=O)Nc2cc(OC)ccc2NC(C)=O)c[nH]c1=O. The van der Waals surface area contributed by atoms with Gasteiger partial charge in [-0.2, -0.15) is 0 Å². The molecule has 0 spiro atoms. The van der Waals surface area contributed by atoms with E-state index in [1.54, 1.807) is 25.1 Å². The minimum absolute atomic E-state index is 0.203. The van der Waals surface area contributed by atoms with Gasteiger partial charge in [0, 0.05) is 25.7 Å². The van der Waals surface area contributed by atoms with Crippen LogP contribution in [0.3, 0.4) is 0 Å². The highest BCUT2D eigenvalue weighted by atomic mass is 16.5. The van der Waals surface area contributed by atoms with Crippen LogP contribution in [-0.4, -0.2) is 28.5 Å². The molecule has 2 rings (SSSR count). The van der Waals surface area contributed by atoms with E-state index >= 15 is 0 Å². The first-order valence-electron chi connectivity index (χ1n) is 7.01. The maximum Gasteiger partial charge on any atom is 0.326 e. The molecule has 1 aromatic carbocycles. The zero-order valence-electron chi connectivity index (χ0n) is 13.1. The van der Waals surface area contributed by atoms with Crippen molar-refractivity contribution in [3.05, 3.63) is 40.6 Å². The van der Waals surface area contributed by atoms with Crippen molar-refractivity contribution in [1.29, 1.82) is 0 Å². The molecule has 122 valence electrons. The fourth-order valence-corrected chi connectivity index (χ4v) is 2.14. The zero-order valence-corrected chi connectivity index (χ0v) is 13.1. The lowest BCUT2D eigenvalue weighted by molar-refractivity contribution is -0.114. The van der Waals surface area contributed by atoms with Gasteiger partial charge in [-0.1, -0.05) is 0 Å². The molecule has 8 nitrogen and oxygen atoms in total. The number of benzene rings is 1. The number of anilines is 2. The van der Waals surface area contributed by atoms with Crippen LogP contribution in [0, 0.1) is 0 Å². The van der Waals surface area contributed by atoms with E-state index in [2.05, 4.69) is 15.6 Å². The largest absolute Gasteiger partial charge is 0.497 e. The molecule has 0 fully saturated rings. The van der Waals surface area contributed by atoms with E-state index in [0.717, 1.165) is 0 Å². The van der Waals surface area contributed by atoms with Crippen LogP contribution >= 0.6 is 0 Å². The number of ether oxygens (including phenoxy) is 1. The Labute approximate surface area is 132 Å². The number of H-pyrrole nitrogens is 1. The Morgan fingerprint density at radius 1 is 1.26 bits per heavy atom. The van der Waals surface area contributed by atoms with E-state index in [9.17, 15) is 14.4 Å². The molecule has 0 saturated carbocycles. The number of carbonyl (C=O) groups excluding carboxylic acids is 2. The van der Waals surface area contributed by atoms with Crippen LogP contribution in [0.5, 0.6) is 5.75 Å². The number of amides is 2. The standard InChI is InChI=1S/C15H18N4O4/c1-4-19-13(8-16-15(19)22)14(21)18-12-7-10(23-3)5-6-11(12)17-9(2)20/h5-8H,4H2,1-3H3,(H,16,22)(H,17,20)(H,18,21). The van der Waals surface area contributed by atoms with Crippen molar-refractivity contribution in [2.24, 2.45) is 0 Å². The van der Waals surface area contributed by atoms with Crippen LogP contribution in [0.15, 0.2) is 29.2 Å². The second-order valence-corrected chi connectivity index (χ2v) is 4.77. The highest BCUT2D eigenvalue weighted by Gasteiger charge is 2.16. The molecular weight excluding hydrogens is 300 g/mol. The number of rotatable bonds is 5. The summed E-state index contributed by atoms with van der Waals surface area (Å²) in [6, 6.07) is 4.88. The third-order valence-corrected chi connectivity index (χ3v) is 3.20. The van der Waals surface area contributed by atoms with Crippen LogP contribution in [0.2, 0.25) is 0 Å². The van der Waals surface area contributed by atoms with Crippen LogP contribution < -0.4 is 21.1 Å². The molecule has 23 heavy (non-hydrogen) atoms. The molecule has 0 unspecified atom stereocenters. The third-order valence-electron chi connectivity index (χ3n) is 3.20. The van der Waals surface area contributed by atoms with E-state index in [4.69, 9.17) is 4.74 Å². The van der Waals surface area contributed by atoms with E-state index in [0.29, 0.717) is 23.7 Å². The first-order valence-corrected chi connectivity index (χ1v) is 7.01. The maximum atomic E-state index is 12.4. The smallest absolute Gasteiger partial charge is 0.326 e. The third kappa shape index (κ3) is 3.60. The number of imidazole rings is 1. The number of hydrogen-bond acceptors (Lipinski definition) is 4. The number of aromatic amines is 1. The molecule has 0 saturated heterocycles. The second-order valence-electron chi connectivity index (χ2n) is 4.77. The van der Waals surface area contributed by atoms with Gasteiger partial charge in [0.2, 0.25) is 5.91 Å². The van der Waals surface area contributed by atoms with Gasteiger partial charge in [-0.3, -0.25) is 14.2 Å². The van der Waals surface area contributed by atoms with E-state index in [-0.39, 0.29) is 17.3 Å². The van der Waals surface area contributed by atoms with Crippen LogP contribution in [0.4, 0.5) is 11.4 Å². The Kier molecular flexibility index (Phi) is 4.85. The van der Waals surface area contributed by atoms with Crippen molar-refractivity contribution in [3.8, 4) is 5.75 Å². The van der Waals surface area contributed by atoms with Gasteiger partial charge in [-0.05, 0) is 19.1 Å². The normalized spacial score (nSPS) is 10.2. The molecule has 2 aromatic rings. The molecule has 0 aliphatic heterocycles. The molecular formula is C15H18N4O4. The Bertz CT molecular complexity index is 791. The topological polar surface area (TPSA) is 105 Å². The van der Waals surface area contributed by atoms with Crippen LogP contribution in [0.1, 0.15) is 24.3 Å². The van der Waals surface area contributed by atoms with Gasteiger partial charge in [-0.25, -0.2) is 4.79 Å². The van der Waals surface area contributed by atoms with E-state index in [1.807, 2.05) is 0 Å². The summed E-state index contributed by atoms with van der Waals surface area (Å²) in [6.07, 6.45) is 1.35. The number of nitrogens with zero attached hydrogens (tertiary/aromatic N) is 1. The number of methoxy groups -OCH3 is 1. The summed E-state index contributed by atoms with van der Waals surface area (Å²) < 4.78 is 6.44. The van der Waals surface area contributed by atoms with Gasteiger partial charge in [-0.15, -0.1) is 0 Å². The van der Waals surface area contributed by atoms with Crippen molar-refractivity contribution in [2.45, 2.75) is 20.4 Å². The molecule has 0 radical (unpaired) electrons. The average molecular weight is 318 g/mol. The number of nitrogens with one attached hydrogen (secondary N) is 3. The lowest BCUT2D eigenvalue weighted by Crippen LogP contribution is -2.23. The fourth-order valence-electron chi connectivity index (χ4n) is 2.14. The van der Waals surface area contributed by atoms with E-state index in [1.165, 1.54) is 24.8 Å². The fraction of sp³-hybridized carbons (Fsp3) is 0.267. The first-order chi connectivity index (χ1) is 11.0. The van der Waals surface area contributed by atoms with Gasteiger partial charge in [0.05, 0.1) is 18.5 Å². The minimum atomic E-state index is -0.468. The van der Waals surface area contributed by atoms with Gasteiger partial charge in [0.15, 0.2) is 0 Å². The molecule has 0 atom stereocenters. The van der Waals surface area contributed by atoms with E-state index < -0.39 is 5.91 Å². The molecule has 0 aliphatic carbocycles. The first kappa shape index (κ1) is 16.3. The van der Waals surface area contributed by atoms with Crippen molar-refractivity contribution < 1.29 is 14.3 Å². The molecule has 0 bridgehead atoms. The lowest BCUT2D eigenvalue weighted by atomic mass is 10.2. The van der Waals surface area contributed by atoms with Crippen molar-refractivity contribution >= 4 is 23.2 Å². The van der Waals surface area contributed by atoms with Crippen LogP contribution in [0.25, 0.3) is 0 Å². The summed E-state index contributed by atoms with van der Waals surface area (Å²) in [6.45, 7) is 3.50. The summed E-state index contributed by atoms with van der Waals surface area (Å²) in [5, 5.41) is 5.31. The molecule has 2 amide bonds. The summed E-state index contributed by atoms with van der Waals surface area (Å²) in [4.78, 5) is 37.7. The number of hydrogen-bond donors (Lipinski definition) is 3. The average Bonchev–Trinajstić information content (AvgIpc) is 2.89. The zero-order chi connectivity index (χ0) is 17.0. The van der Waals surface area contributed by atoms with Crippen molar-refractivity contribution in [3.63, 3.8) is 0 Å². The number of carbonyl (C=O) groups is 2. The number of aromatic nitrogens is 2. The summed E-state index contributed by atoms with van der Waals surface area (Å²) in [5.41, 5.74) is 0.660. The maximum absolute atomic E-state index is 12.4. The molecule has 0 aliphatic rings. The Morgan fingerprint density at radius 2 is 2.00 bits per heavy atom. The summed E-state index contributed by atoms with van der Waals surface area (Å²) in [7, 11) is 1.50. The van der Waals surface area contributed by atoms with Crippen molar-refractivity contribution in [2.75, 3.05) is 17.7 Å². The molecule has 1 aromatic heterocycles. The second kappa shape index (κ2) is 6.82. The van der Waals surface area contributed by atoms with Gasteiger partial charge < -0.3 is 20.4 Å². The Balaban J connectivity index is 2.35. The molecule has 3 N–H and O–H groups in total. The summed E-state index contributed by atoms with van der Waals surface area (Å²) in [5.74, 6) is -0.209. The Hall–Kier alpha value is -3.03. The van der Waals surface area contributed by atoms with Gasteiger partial charge in [0.25, 0.3) is 5.91 Å². The molecule has 1 heterocycles. The highest BCUT2D eigenvalue weighted by molar-refractivity contribution is 6.06.